The molecule has 0 amide bonds. The quantitative estimate of drug-likeness (QED) is 0.462. The lowest BCUT2D eigenvalue weighted by molar-refractivity contribution is 0.152. The van der Waals surface area contributed by atoms with Gasteiger partial charge in [-0.25, -0.2) is 0 Å². The summed E-state index contributed by atoms with van der Waals surface area (Å²) in [4.78, 5) is 4.13. The standard InChI is InChI=1S/C14H21Cl2N3O/c1-3-20-10-9-19-14(17-2)18-8-7-11-12(15)5-4-6-13(11)16/h4-6H,3,7-10H2,1-2H3,(H2,17,18,19). The second-order valence-electron chi connectivity index (χ2n) is 4.07. The molecule has 20 heavy (non-hydrogen) atoms. The van der Waals surface area contributed by atoms with Gasteiger partial charge in [-0.05, 0) is 31.0 Å². The highest BCUT2D eigenvalue weighted by Gasteiger charge is 2.05. The van der Waals surface area contributed by atoms with Crippen LogP contribution in [0.3, 0.4) is 0 Å². The Morgan fingerprint density at radius 1 is 1.20 bits per heavy atom. The molecule has 0 saturated carbocycles. The molecule has 2 N–H and O–H groups in total. The molecule has 0 saturated heterocycles. The third-order valence-electron chi connectivity index (χ3n) is 2.70. The number of aliphatic imine (C=N–C) groups is 1. The molecule has 1 rings (SSSR count). The van der Waals surface area contributed by atoms with Crippen molar-refractivity contribution in [3.8, 4) is 0 Å². The van der Waals surface area contributed by atoms with Gasteiger partial charge in [0.2, 0.25) is 0 Å². The van der Waals surface area contributed by atoms with Crippen molar-refractivity contribution in [3.63, 3.8) is 0 Å². The van der Waals surface area contributed by atoms with Crippen LogP contribution in [-0.2, 0) is 11.2 Å². The molecule has 0 spiro atoms. The summed E-state index contributed by atoms with van der Waals surface area (Å²) in [5, 5.41) is 7.77. The fraction of sp³-hybridized carbons (Fsp3) is 0.500. The Morgan fingerprint density at radius 2 is 1.85 bits per heavy atom. The monoisotopic (exact) mass is 317 g/mol. The van der Waals surface area contributed by atoms with E-state index in [4.69, 9.17) is 27.9 Å². The normalized spacial score (nSPS) is 11.5. The maximum absolute atomic E-state index is 6.12. The first-order valence-corrected chi connectivity index (χ1v) is 7.39. The van der Waals surface area contributed by atoms with Crippen molar-refractivity contribution in [3.05, 3.63) is 33.8 Å². The minimum absolute atomic E-state index is 0.660. The van der Waals surface area contributed by atoms with Crippen LogP contribution in [0.25, 0.3) is 0 Å². The minimum Gasteiger partial charge on any atom is -0.380 e. The number of nitrogens with zero attached hydrogens (tertiary/aromatic N) is 1. The topological polar surface area (TPSA) is 45.6 Å². The summed E-state index contributed by atoms with van der Waals surface area (Å²) in [6, 6.07) is 5.53. The van der Waals surface area contributed by atoms with Gasteiger partial charge in [0.15, 0.2) is 5.96 Å². The molecule has 0 aliphatic carbocycles. The van der Waals surface area contributed by atoms with E-state index in [9.17, 15) is 0 Å². The molecule has 112 valence electrons. The van der Waals surface area contributed by atoms with Crippen LogP contribution >= 0.6 is 23.2 Å². The summed E-state index contributed by atoms with van der Waals surface area (Å²) in [6.07, 6.45) is 0.741. The third-order valence-corrected chi connectivity index (χ3v) is 3.40. The maximum Gasteiger partial charge on any atom is 0.191 e. The Balaban J connectivity index is 2.35. The van der Waals surface area contributed by atoms with Gasteiger partial charge in [0.05, 0.1) is 6.61 Å². The minimum atomic E-state index is 0.660. The second-order valence-corrected chi connectivity index (χ2v) is 4.89. The molecule has 0 bridgehead atoms. The zero-order valence-corrected chi connectivity index (χ0v) is 13.4. The molecule has 0 atom stereocenters. The van der Waals surface area contributed by atoms with Gasteiger partial charge in [0.25, 0.3) is 0 Å². The highest BCUT2D eigenvalue weighted by atomic mass is 35.5. The largest absolute Gasteiger partial charge is 0.380 e. The molecule has 0 radical (unpaired) electrons. The van der Waals surface area contributed by atoms with Crippen LogP contribution in [0.4, 0.5) is 0 Å². The zero-order chi connectivity index (χ0) is 14.8. The average molecular weight is 318 g/mol. The number of hydrogen-bond acceptors (Lipinski definition) is 2. The lowest BCUT2D eigenvalue weighted by Crippen LogP contribution is -2.39. The van der Waals surface area contributed by atoms with Crippen molar-refractivity contribution in [1.29, 1.82) is 0 Å². The number of halogens is 2. The number of rotatable bonds is 7. The van der Waals surface area contributed by atoms with Gasteiger partial charge in [-0.15, -0.1) is 0 Å². The molecular formula is C14H21Cl2N3O. The van der Waals surface area contributed by atoms with E-state index in [1.54, 1.807) is 7.05 Å². The van der Waals surface area contributed by atoms with Gasteiger partial charge >= 0.3 is 0 Å². The first-order chi connectivity index (χ1) is 9.69. The van der Waals surface area contributed by atoms with Gasteiger partial charge in [-0.2, -0.15) is 0 Å². The van der Waals surface area contributed by atoms with Gasteiger partial charge < -0.3 is 15.4 Å². The van der Waals surface area contributed by atoms with Crippen LogP contribution in [0.1, 0.15) is 12.5 Å². The van der Waals surface area contributed by atoms with Crippen LogP contribution in [0.5, 0.6) is 0 Å². The molecule has 0 aliphatic heterocycles. The molecule has 0 aromatic heterocycles. The molecule has 0 fully saturated rings. The zero-order valence-electron chi connectivity index (χ0n) is 11.9. The van der Waals surface area contributed by atoms with Crippen LogP contribution in [-0.4, -0.2) is 39.3 Å². The van der Waals surface area contributed by atoms with Gasteiger partial charge in [0, 0.05) is 36.8 Å². The first kappa shape index (κ1) is 17.1. The van der Waals surface area contributed by atoms with E-state index in [1.807, 2.05) is 25.1 Å². The van der Waals surface area contributed by atoms with E-state index >= 15 is 0 Å². The van der Waals surface area contributed by atoms with Gasteiger partial charge in [-0.1, -0.05) is 29.3 Å². The number of guanidine groups is 1. The van der Waals surface area contributed by atoms with Crippen LogP contribution in [0.2, 0.25) is 10.0 Å². The highest BCUT2D eigenvalue weighted by molar-refractivity contribution is 6.35. The van der Waals surface area contributed by atoms with Crippen LogP contribution in [0.15, 0.2) is 23.2 Å². The second kappa shape index (κ2) is 9.86. The summed E-state index contributed by atoms with van der Waals surface area (Å²) in [5.74, 6) is 0.743. The van der Waals surface area contributed by atoms with Gasteiger partial charge in [0.1, 0.15) is 0 Å². The lowest BCUT2D eigenvalue weighted by atomic mass is 10.1. The molecular weight excluding hydrogens is 297 g/mol. The van der Waals surface area contributed by atoms with Crippen molar-refractivity contribution in [1.82, 2.24) is 10.6 Å². The Hall–Kier alpha value is -0.970. The van der Waals surface area contributed by atoms with E-state index in [0.29, 0.717) is 23.2 Å². The Bertz CT molecular complexity index is 418. The molecule has 1 aromatic rings. The first-order valence-electron chi connectivity index (χ1n) is 6.64. The summed E-state index contributed by atoms with van der Waals surface area (Å²) >= 11 is 12.2. The Morgan fingerprint density at radius 3 is 2.45 bits per heavy atom. The number of hydrogen-bond donors (Lipinski definition) is 2. The van der Waals surface area contributed by atoms with E-state index < -0.39 is 0 Å². The van der Waals surface area contributed by atoms with Crippen molar-refractivity contribution >= 4 is 29.2 Å². The molecule has 6 heteroatoms. The van der Waals surface area contributed by atoms with E-state index in [-0.39, 0.29) is 0 Å². The van der Waals surface area contributed by atoms with Crippen molar-refractivity contribution in [2.75, 3.05) is 33.4 Å². The molecule has 1 aromatic carbocycles. The average Bonchev–Trinajstić information content (AvgIpc) is 2.44. The predicted molar refractivity (Wildman–Crippen MR) is 86.0 cm³/mol. The highest BCUT2D eigenvalue weighted by Crippen LogP contribution is 2.24. The van der Waals surface area contributed by atoms with E-state index in [0.717, 1.165) is 31.1 Å². The molecule has 0 unspecified atom stereocenters. The summed E-state index contributed by atoms with van der Waals surface area (Å²) < 4.78 is 5.25. The summed E-state index contributed by atoms with van der Waals surface area (Å²) in [6.45, 7) is 4.78. The lowest BCUT2D eigenvalue weighted by Gasteiger charge is -2.12. The van der Waals surface area contributed by atoms with Crippen LogP contribution in [0, 0.1) is 0 Å². The summed E-state index contributed by atoms with van der Waals surface area (Å²) in [5.41, 5.74) is 0.952. The summed E-state index contributed by atoms with van der Waals surface area (Å²) in [7, 11) is 1.73. The fourth-order valence-corrected chi connectivity index (χ4v) is 2.27. The molecule has 4 nitrogen and oxygen atoms in total. The van der Waals surface area contributed by atoms with Gasteiger partial charge in [-0.3, -0.25) is 4.99 Å². The number of nitrogens with one attached hydrogen (secondary N) is 2. The Labute approximate surface area is 130 Å². The molecule has 0 heterocycles. The SMILES string of the molecule is CCOCCNC(=NC)NCCc1c(Cl)cccc1Cl. The van der Waals surface area contributed by atoms with Crippen molar-refractivity contribution in [2.24, 2.45) is 4.99 Å². The number of benzene rings is 1. The van der Waals surface area contributed by atoms with Crippen molar-refractivity contribution in [2.45, 2.75) is 13.3 Å². The number of ether oxygens (including phenoxy) is 1. The Kier molecular flexibility index (Phi) is 8.42. The fourth-order valence-electron chi connectivity index (χ4n) is 1.68. The maximum atomic E-state index is 6.12. The van der Waals surface area contributed by atoms with Crippen LogP contribution < -0.4 is 10.6 Å². The third kappa shape index (κ3) is 5.99. The van der Waals surface area contributed by atoms with E-state index in [2.05, 4.69) is 15.6 Å². The smallest absolute Gasteiger partial charge is 0.191 e. The predicted octanol–water partition coefficient (Wildman–Crippen LogP) is 2.74. The van der Waals surface area contributed by atoms with E-state index in [1.165, 1.54) is 0 Å². The molecule has 0 aliphatic rings. The van der Waals surface area contributed by atoms with Crippen molar-refractivity contribution < 1.29 is 4.74 Å².